The minimum atomic E-state index is 0.781. The SMILES string of the molecule is COc1ccc(C)cc1N=C(C)c1cnn(C)c1. The third kappa shape index (κ3) is 2.59. The molecule has 0 amide bonds. The van der Waals surface area contributed by atoms with Crippen LogP contribution in [0.15, 0.2) is 35.6 Å². The zero-order valence-corrected chi connectivity index (χ0v) is 11.1. The van der Waals surface area contributed by atoms with Gasteiger partial charge in [-0.3, -0.25) is 4.68 Å². The monoisotopic (exact) mass is 243 g/mol. The van der Waals surface area contributed by atoms with Crippen molar-refractivity contribution < 1.29 is 4.74 Å². The largest absolute Gasteiger partial charge is 0.494 e. The van der Waals surface area contributed by atoms with Gasteiger partial charge < -0.3 is 4.74 Å². The number of aryl methyl sites for hydroxylation is 2. The van der Waals surface area contributed by atoms with Crippen LogP contribution in [0.3, 0.4) is 0 Å². The Balaban J connectivity index is 2.40. The zero-order valence-electron chi connectivity index (χ0n) is 11.1. The van der Waals surface area contributed by atoms with Crippen LogP contribution >= 0.6 is 0 Å². The number of methoxy groups -OCH3 is 1. The van der Waals surface area contributed by atoms with Crippen molar-refractivity contribution in [2.45, 2.75) is 13.8 Å². The Morgan fingerprint density at radius 2 is 2.17 bits per heavy atom. The van der Waals surface area contributed by atoms with Crippen molar-refractivity contribution in [3.8, 4) is 5.75 Å². The molecule has 0 saturated heterocycles. The molecular formula is C14H17N3O. The van der Waals surface area contributed by atoms with Gasteiger partial charge in [0.25, 0.3) is 0 Å². The lowest BCUT2D eigenvalue weighted by Crippen LogP contribution is -1.93. The van der Waals surface area contributed by atoms with Crippen LogP contribution in [0.5, 0.6) is 5.75 Å². The minimum Gasteiger partial charge on any atom is -0.494 e. The van der Waals surface area contributed by atoms with E-state index in [1.165, 1.54) is 0 Å². The highest BCUT2D eigenvalue weighted by molar-refractivity contribution is 6.00. The predicted molar refractivity (Wildman–Crippen MR) is 72.8 cm³/mol. The third-order valence-electron chi connectivity index (χ3n) is 2.75. The van der Waals surface area contributed by atoms with Gasteiger partial charge in [-0.1, -0.05) is 6.07 Å². The van der Waals surface area contributed by atoms with Gasteiger partial charge in [0, 0.05) is 24.5 Å². The van der Waals surface area contributed by atoms with Crippen LogP contribution in [0.25, 0.3) is 0 Å². The van der Waals surface area contributed by atoms with Gasteiger partial charge in [-0.15, -0.1) is 0 Å². The average molecular weight is 243 g/mol. The summed E-state index contributed by atoms with van der Waals surface area (Å²) in [6.45, 7) is 4.01. The van der Waals surface area contributed by atoms with Gasteiger partial charge in [-0.2, -0.15) is 5.10 Å². The molecule has 94 valence electrons. The second-order valence-electron chi connectivity index (χ2n) is 4.28. The van der Waals surface area contributed by atoms with E-state index < -0.39 is 0 Å². The molecule has 0 aliphatic rings. The molecule has 0 fully saturated rings. The van der Waals surface area contributed by atoms with Gasteiger partial charge >= 0.3 is 0 Å². The van der Waals surface area contributed by atoms with Crippen LogP contribution in [0.4, 0.5) is 5.69 Å². The van der Waals surface area contributed by atoms with Gasteiger partial charge in [-0.25, -0.2) is 4.99 Å². The predicted octanol–water partition coefficient (Wildman–Crippen LogP) is 2.88. The summed E-state index contributed by atoms with van der Waals surface area (Å²) in [5, 5.41) is 4.14. The number of nitrogens with zero attached hydrogens (tertiary/aromatic N) is 3. The van der Waals surface area contributed by atoms with Gasteiger partial charge in [0.1, 0.15) is 11.4 Å². The summed E-state index contributed by atoms with van der Waals surface area (Å²) in [4.78, 5) is 4.61. The molecule has 0 N–H and O–H groups in total. The third-order valence-corrected chi connectivity index (χ3v) is 2.75. The molecule has 0 spiro atoms. The molecule has 1 aromatic carbocycles. The summed E-state index contributed by atoms with van der Waals surface area (Å²) in [6.07, 6.45) is 3.75. The summed E-state index contributed by atoms with van der Waals surface area (Å²) in [5.41, 5.74) is 3.94. The van der Waals surface area contributed by atoms with Crippen molar-refractivity contribution in [3.05, 3.63) is 41.7 Å². The highest BCUT2D eigenvalue weighted by Gasteiger charge is 2.05. The number of aliphatic imine (C=N–C) groups is 1. The Morgan fingerprint density at radius 3 is 2.78 bits per heavy atom. The fourth-order valence-corrected chi connectivity index (χ4v) is 1.74. The van der Waals surface area contributed by atoms with Crippen LogP contribution in [-0.2, 0) is 7.05 Å². The van der Waals surface area contributed by atoms with E-state index in [2.05, 4.69) is 10.1 Å². The lowest BCUT2D eigenvalue weighted by molar-refractivity contribution is 0.416. The van der Waals surface area contributed by atoms with E-state index in [4.69, 9.17) is 4.74 Å². The van der Waals surface area contributed by atoms with Crippen LogP contribution in [0, 0.1) is 6.92 Å². The Hall–Kier alpha value is -2.10. The van der Waals surface area contributed by atoms with Crippen molar-refractivity contribution in [2.24, 2.45) is 12.0 Å². The Bertz CT molecular complexity index is 584. The molecule has 4 nitrogen and oxygen atoms in total. The normalized spacial score (nSPS) is 11.7. The first-order valence-corrected chi connectivity index (χ1v) is 5.79. The Kier molecular flexibility index (Phi) is 3.46. The summed E-state index contributed by atoms with van der Waals surface area (Å²) in [5.74, 6) is 0.781. The fourth-order valence-electron chi connectivity index (χ4n) is 1.74. The molecule has 4 heteroatoms. The molecule has 2 rings (SSSR count). The molecule has 0 unspecified atom stereocenters. The molecule has 18 heavy (non-hydrogen) atoms. The summed E-state index contributed by atoms with van der Waals surface area (Å²) in [6, 6.07) is 5.96. The number of aromatic nitrogens is 2. The van der Waals surface area contributed by atoms with Crippen LogP contribution in [0.1, 0.15) is 18.1 Å². The van der Waals surface area contributed by atoms with Crippen molar-refractivity contribution in [1.82, 2.24) is 9.78 Å². The van der Waals surface area contributed by atoms with E-state index in [-0.39, 0.29) is 0 Å². The van der Waals surface area contributed by atoms with Crippen molar-refractivity contribution in [1.29, 1.82) is 0 Å². The molecule has 0 bridgehead atoms. The lowest BCUT2D eigenvalue weighted by atomic mass is 10.2. The first-order valence-electron chi connectivity index (χ1n) is 5.79. The smallest absolute Gasteiger partial charge is 0.144 e. The van der Waals surface area contributed by atoms with E-state index >= 15 is 0 Å². The highest BCUT2D eigenvalue weighted by atomic mass is 16.5. The van der Waals surface area contributed by atoms with Crippen molar-refractivity contribution >= 4 is 11.4 Å². The van der Waals surface area contributed by atoms with Crippen molar-refractivity contribution in [3.63, 3.8) is 0 Å². The Labute approximate surface area is 107 Å². The number of hydrogen-bond acceptors (Lipinski definition) is 3. The molecular weight excluding hydrogens is 226 g/mol. The average Bonchev–Trinajstić information content (AvgIpc) is 2.76. The van der Waals surface area contributed by atoms with E-state index in [1.54, 1.807) is 18.0 Å². The standard InChI is InChI=1S/C14H17N3O/c1-10-5-6-14(18-4)13(7-10)16-11(2)12-8-15-17(3)9-12/h5-9H,1-4H3. The van der Waals surface area contributed by atoms with Gasteiger partial charge in [-0.05, 0) is 31.5 Å². The molecule has 0 radical (unpaired) electrons. The molecule has 2 aromatic rings. The van der Waals surface area contributed by atoms with E-state index in [9.17, 15) is 0 Å². The number of ether oxygens (including phenoxy) is 1. The van der Waals surface area contributed by atoms with Crippen LogP contribution in [-0.4, -0.2) is 22.6 Å². The van der Waals surface area contributed by atoms with Crippen molar-refractivity contribution in [2.75, 3.05) is 7.11 Å². The fraction of sp³-hybridized carbons (Fsp3) is 0.286. The first-order chi connectivity index (χ1) is 8.60. The highest BCUT2D eigenvalue weighted by Crippen LogP contribution is 2.28. The molecule has 0 aliphatic heterocycles. The summed E-state index contributed by atoms with van der Waals surface area (Å²) in [7, 11) is 3.55. The summed E-state index contributed by atoms with van der Waals surface area (Å²) < 4.78 is 7.08. The first kappa shape index (κ1) is 12.4. The molecule has 0 saturated carbocycles. The molecule has 1 heterocycles. The number of hydrogen-bond donors (Lipinski definition) is 0. The van der Waals surface area contributed by atoms with Crippen LogP contribution in [0.2, 0.25) is 0 Å². The maximum atomic E-state index is 5.31. The summed E-state index contributed by atoms with van der Waals surface area (Å²) >= 11 is 0. The lowest BCUT2D eigenvalue weighted by Gasteiger charge is -2.06. The minimum absolute atomic E-state index is 0.781. The van der Waals surface area contributed by atoms with E-state index in [1.807, 2.05) is 45.3 Å². The van der Waals surface area contributed by atoms with Gasteiger partial charge in [0.2, 0.25) is 0 Å². The second-order valence-corrected chi connectivity index (χ2v) is 4.28. The molecule has 1 aromatic heterocycles. The topological polar surface area (TPSA) is 39.4 Å². The Morgan fingerprint density at radius 1 is 1.39 bits per heavy atom. The number of benzene rings is 1. The van der Waals surface area contributed by atoms with E-state index in [0.29, 0.717) is 0 Å². The van der Waals surface area contributed by atoms with Crippen LogP contribution < -0.4 is 4.74 Å². The van der Waals surface area contributed by atoms with Gasteiger partial charge in [0.05, 0.1) is 13.3 Å². The maximum Gasteiger partial charge on any atom is 0.144 e. The number of rotatable bonds is 3. The maximum absolute atomic E-state index is 5.31. The van der Waals surface area contributed by atoms with Gasteiger partial charge in [0.15, 0.2) is 0 Å². The molecule has 0 aliphatic carbocycles. The quantitative estimate of drug-likeness (QED) is 0.777. The van der Waals surface area contributed by atoms with E-state index in [0.717, 1.165) is 28.3 Å². The second kappa shape index (κ2) is 5.04. The molecule has 0 atom stereocenters. The zero-order chi connectivity index (χ0) is 13.1.